The van der Waals surface area contributed by atoms with Crippen LogP contribution in [0.2, 0.25) is 0 Å². The van der Waals surface area contributed by atoms with Crippen molar-refractivity contribution in [3.8, 4) is 17.6 Å². The van der Waals surface area contributed by atoms with Crippen molar-refractivity contribution in [1.82, 2.24) is 0 Å². The highest BCUT2D eigenvalue weighted by molar-refractivity contribution is 6.32. The Morgan fingerprint density at radius 3 is 2.76 bits per heavy atom. The summed E-state index contributed by atoms with van der Waals surface area (Å²) < 4.78 is 0. The van der Waals surface area contributed by atoms with Crippen molar-refractivity contribution in [1.29, 1.82) is 0 Å². The highest BCUT2D eigenvalue weighted by Gasteiger charge is 2.19. The fraction of sp³-hybridized carbons (Fsp3) is 0.0714. The van der Waals surface area contributed by atoms with Crippen LogP contribution in [0.25, 0.3) is 0 Å². The summed E-state index contributed by atoms with van der Waals surface area (Å²) in [5, 5.41) is 9.95. The van der Waals surface area contributed by atoms with Gasteiger partial charge in [-0.3, -0.25) is 4.79 Å². The lowest BCUT2D eigenvalue weighted by atomic mass is 10.1. The predicted octanol–water partition coefficient (Wildman–Crippen LogP) is 2.62. The zero-order chi connectivity index (χ0) is 12.3. The molecule has 0 aromatic heterocycles. The lowest BCUT2D eigenvalue weighted by Gasteiger charge is -2.00. The standard InChI is InChI=1S/C14H9ClO2/c15-12-6-3-5-11(12)14(17)9-8-10-4-1-2-7-13(10)16/h1-7,11,16H. The lowest BCUT2D eigenvalue weighted by molar-refractivity contribution is -0.115. The average molecular weight is 245 g/mol. The Bertz CT molecular complexity index is 573. The number of phenols is 1. The van der Waals surface area contributed by atoms with Gasteiger partial charge >= 0.3 is 0 Å². The molecule has 1 aliphatic rings. The third-order valence-electron chi connectivity index (χ3n) is 2.36. The van der Waals surface area contributed by atoms with Crippen molar-refractivity contribution < 1.29 is 9.90 Å². The fourth-order valence-electron chi connectivity index (χ4n) is 1.45. The molecule has 0 amide bonds. The minimum Gasteiger partial charge on any atom is -0.507 e. The summed E-state index contributed by atoms with van der Waals surface area (Å²) in [7, 11) is 0. The van der Waals surface area contributed by atoms with Crippen molar-refractivity contribution in [2.75, 3.05) is 0 Å². The van der Waals surface area contributed by atoms with Crippen molar-refractivity contribution in [2.24, 2.45) is 5.92 Å². The maximum atomic E-state index is 11.7. The molecule has 0 aliphatic heterocycles. The Morgan fingerprint density at radius 2 is 2.12 bits per heavy atom. The van der Waals surface area contributed by atoms with Crippen LogP contribution in [-0.4, -0.2) is 10.9 Å². The zero-order valence-corrected chi connectivity index (χ0v) is 9.61. The molecule has 1 aliphatic carbocycles. The van der Waals surface area contributed by atoms with E-state index in [1.54, 1.807) is 36.4 Å². The number of halogens is 1. The number of carbonyl (C=O) groups excluding carboxylic acids is 1. The number of ketones is 1. The molecule has 0 radical (unpaired) electrons. The first kappa shape index (κ1) is 11.5. The van der Waals surface area contributed by atoms with Crippen LogP contribution in [0.1, 0.15) is 5.56 Å². The largest absolute Gasteiger partial charge is 0.507 e. The molecular weight excluding hydrogens is 236 g/mol. The molecule has 1 atom stereocenters. The Labute approximate surface area is 104 Å². The van der Waals surface area contributed by atoms with Gasteiger partial charge in [0, 0.05) is 5.03 Å². The van der Waals surface area contributed by atoms with Crippen LogP contribution in [0, 0.1) is 17.8 Å². The highest BCUT2D eigenvalue weighted by Crippen LogP contribution is 2.23. The van der Waals surface area contributed by atoms with Gasteiger partial charge in [0.1, 0.15) is 5.75 Å². The highest BCUT2D eigenvalue weighted by atomic mass is 35.5. The topological polar surface area (TPSA) is 37.3 Å². The predicted molar refractivity (Wildman–Crippen MR) is 66.6 cm³/mol. The summed E-state index contributed by atoms with van der Waals surface area (Å²) in [5.41, 5.74) is 0.433. The molecule has 2 rings (SSSR count). The second kappa shape index (κ2) is 4.90. The van der Waals surface area contributed by atoms with E-state index in [1.165, 1.54) is 6.07 Å². The minimum atomic E-state index is -0.463. The molecule has 0 fully saturated rings. The SMILES string of the molecule is O=C(C#Cc1ccccc1O)C1C=CC=C1Cl. The summed E-state index contributed by atoms with van der Waals surface area (Å²) in [6.45, 7) is 0. The van der Waals surface area contributed by atoms with Gasteiger partial charge in [-0.2, -0.15) is 0 Å². The van der Waals surface area contributed by atoms with Crippen LogP contribution < -0.4 is 0 Å². The molecule has 0 heterocycles. The molecule has 1 aromatic carbocycles. The Balaban J connectivity index is 2.18. The number of Topliss-reactive ketones (excluding diaryl/α,β-unsaturated/α-hetero) is 1. The van der Waals surface area contributed by atoms with Gasteiger partial charge in [-0.1, -0.05) is 41.8 Å². The molecular formula is C14H9ClO2. The molecule has 0 bridgehead atoms. The number of aromatic hydroxyl groups is 1. The van der Waals surface area contributed by atoms with Crippen molar-refractivity contribution in [3.05, 3.63) is 53.1 Å². The first-order chi connectivity index (χ1) is 8.18. The number of benzene rings is 1. The summed E-state index contributed by atoms with van der Waals surface area (Å²) >= 11 is 5.85. The Morgan fingerprint density at radius 1 is 1.35 bits per heavy atom. The molecule has 0 saturated carbocycles. The van der Waals surface area contributed by atoms with Crippen LogP contribution >= 0.6 is 11.6 Å². The fourth-order valence-corrected chi connectivity index (χ4v) is 1.70. The van der Waals surface area contributed by atoms with Gasteiger partial charge in [0.15, 0.2) is 0 Å². The van der Waals surface area contributed by atoms with Gasteiger partial charge < -0.3 is 5.11 Å². The first-order valence-electron chi connectivity index (χ1n) is 5.06. The van der Waals surface area contributed by atoms with Gasteiger partial charge in [0.2, 0.25) is 5.78 Å². The Hall–Kier alpha value is -1.98. The van der Waals surface area contributed by atoms with Crippen LogP contribution in [-0.2, 0) is 4.79 Å². The van der Waals surface area contributed by atoms with Gasteiger partial charge in [-0.05, 0) is 24.1 Å². The molecule has 0 saturated heterocycles. The molecule has 3 heteroatoms. The first-order valence-corrected chi connectivity index (χ1v) is 5.44. The van der Waals surface area contributed by atoms with Crippen LogP contribution in [0.5, 0.6) is 5.75 Å². The monoisotopic (exact) mass is 244 g/mol. The van der Waals surface area contributed by atoms with E-state index in [1.807, 2.05) is 0 Å². The minimum absolute atomic E-state index is 0.0661. The number of hydrogen-bond donors (Lipinski definition) is 1. The summed E-state index contributed by atoms with van der Waals surface area (Å²) in [5.74, 6) is 4.46. The number of allylic oxidation sites excluding steroid dienone is 4. The maximum Gasteiger partial charge on any atom is 0.217 e. The molecule has 84 valence electrons. The van der Waals surface area contributed by atoms with Crippen LogP contribution in [0.15, 0.2) is 47.5 Å². The van der Waals surface area contributed by atoms with Gasteiger partial charge in [-0.25, -0.2) is 0 Å². The number of rotatable bonds is 1. The molecule has 0 spiro atoms. The quantitative estimate of drug-likeness (QED) is 0.771. The Kier molecular flexibility index (Phi) is 3.32. The lowest BCUT2D eigenvalue weighted by Crippen LogP contribution is -2.07. The number of hydrogen-bond acceptors (Lipinski definition) is 2. The van der Waals surface area contributed by atoms with Gasteiger partial charge in [0.25, 0.3) is 0 Å². The van der Waals surface area contributed by atoms with E-state index in [4.69, 9.17) is 11.6 Å². The average Bonchev–Trinajstić information content (AvgIpc) is 2.74. The summed E-state index contributed by atoms with van der Waals surface area (Å²) in [6, 6.07) is 6.62. The second-order valence-corrected chi connectivity index (χ2v) is 3.98. The van der Waals surface area contributed by atoms with Crippen molar-refractivity contribution in [3.63, 3.8) is 0 Å². The van der Waals surface area contributed by atoms with E-state index in [-0.39, 0.29) is 11.5 Å². The molecule has 1 N–H and O–H groups in total. The second-order valence-electron chi connectivity index (χ2n) is 3.55. The van der Waals surface area contributed by atoms with Crippen molar-refractivity contribution in [2.45, 2.75) is 0 Å². The van der Waals surface area contributed by atoms with Crippen LogP contribution in [0.3, 0.4) is 0 Å². The zero-order valence-electron chi connectivity index (χ0n) is 8.85. The van der Waals surface area contributed by atoms with Gasteiger partial charge in [-0.15, -0.1) is 0 Å². The summed E-state index contributed by atoms with van der Waals surface area (Å²) in [4.78, 5) is 11.7. The molecule has 2 nitrogen and oxygen atoms in total. The smallest absolute Gasteiger partial charge is 0.217 e. The van der Waals surface area contributed by atoms with E-state index in [0.717, 1.165) is 0 Å². The van der Waals surface area contributed by atoms with E-state index in [0.29, 0.717) is 10.6 Å². The summed E-state index contributed by atoms with van der Waals surface area (Å²) in [6.07, 6.45) is 5.10. The normalized spacial score (nSPS) is 17.2. The molecule has 17 heavy (non-hydrogen) atoms. The third-order valence-corrected chi connectivity index (χ3v) is 2.72. The molecule has 1 aromatic rings. The van der Waals surface area contributed by atoms with E-state index in [9.17, 15) is 9.90 Å². The number of phenolic OH excluding ortho intramolecular Hbond substituents is 1. The van der Waals surface area contributed by atoms with E-state index < -0.39 is 5.92 Å². The molecule has 1 unspecified atom stereocenters. The van der Waals surface area contributed by atoms with E-state index >= 15 is 0 Å². The van der Waals surface area contributed by atoms with E-state index in [2.05, 4.69) is 11.8 Å². The third kappa shape index (κ3) is 2.58. The maximum absolute atomic E-state index is 11.7. The number of para-hydroxylation sites is 1. The van der Waals surface area contributed by atoms with Crippen LogP contribution in [0.4, 0.5) is 0 Å². The van der Waals surface area contributed by atoms with Gasteiger partial charge in [0.05, 0.1) is 11.5 Å². The number of carbonyl (C=O) groups is 1. The van der Waals surface area contributed by atoms with Crippen molar-refractivity contribution >= 4 is 17.4 Å².